The molecule has 0 atom stereocenters. The molecule has 6 rings (SSSR count). The fourth-order valence-corrected chi connectivity index (χ4v) is 4.98. The zero-order valence-electron chi connectivity index (χ0n) is 22.3. The Balaban J connectivity index is 1.35. The molecule has 40 heavy (non-hydrogen) atoms. The number of anilines is 1. The number of amides is 1. The van der Waals surface area contributed by atoms with E-state index in [1.807, 2.05) is 61.5 Å². The van der Waals surface area contributed by atoms with Crippen molar-refractivity contribution in [3.8, 4) is 11.4 Å². The number of fused-ring (bicyclic) bond motifs is 1. The number of aromatic amines is 1. The Hall–Kier alpha value is -4.79. The molecule has 3 aromatic heterocycles. The van der Waals surface area contributed by atoms with Crippen LogP contribution in [-0.2, 0) is 13.0 Å². The molecule has 0 aliphatic heterocycles. The highest BCUT2D eigenvalue weighted by Crippen LogP contribution is 2.32. The summed E-state index contributed by atoms with van der Waals surface area (Å²) < 4.78 is 2.95. The number of nitrogens with one attached hydrogen (secondary N) is 1. The number of rotatable bonds is 9. The lowest BCUT2D eigenvalue weighted by atomic mass is 10.1. The van der Waals surface area contributed by atoms with Crippen molar-refractivity contribution in [1.82, 2.24) is 24.1 Å². The minimum absolute atomic E-state index is 0.0378. The van der Waals surface area contributed by atoms with Gasteiger partial charge in [0, 0.05) is 36.5 Å². The summed E-state index contributed by atoms with van der Waals surface area (Å²) in [4.78, 5) is 53.9. The minimum atomic E-state index is -0.335. The van der Waals surface area contributed by atoms with Crippen LogP contribution in [0.25, 0.3) is 22.6 Å². The van der Waals surface area contributed by atoms with Crippen molar-refractivity contribution in [2.45, 2.75) is 45.2 Å². The number of hydrogen-bond acceptors (Lipinski definition) is 5. The van der Waals surface area contributed by atoms with Crippen LogP contribution in [0.3, 0.4) is 0 Å². The maximum Gasteiger partial charge on any atom is 0.333 e. The number of nitrogens with zero attached hydrogens (tertiary/aromatic N) is 5. The van der Waals surface area contributed by atoms with Gasteiger partial charge in [0.25, 0.3) is 11.5 Å². The van der Waals surface area contributed by atoms with E-state index in [0.29, 0.717) is 53.4 Å². The van der Waals surface area contributed by atoms with Gasteiger partial charge in [-0.15, -0.1) is 0 Å². The standard InChI is InChI=1S/C31H30N6O3/c1-2-18-36-28-26(30(39)37(31(36)40)24-14-15-24)33-27(34-28)23-13-16-25(32-20-23)35(19-17-21-9-5-3-6-10-21)29(38)22-11-7-4-8-12-22/h3-13,16,20,24H,2,14-15,17-19H2,1H3,(H,33,34). The fraction of sp³-hybridized carbons (Fsp3) is 0.258. The van der Waals surface area contributed by atoms with E-state index in [0.717, 1.165) is 24.8 Å². The van der Waals surface area contributed by atoms with Crippen molar-refractivity contribution < 1.29 is 4.79 Å². The molecule has 0 bridgehead atoms. The Morgan fingerprint density at radius 2 is 1.73 bits per heavy atom. The first-order valence-corrected chi connectivity index (χ1v) is 13.7. The molecule has 1 aliphatic carbocycles. The number of carbonyl (C=O) groups excluding carboxylic acids is 1. The van der Waals surface area contributed by atoms with Crippen LogP contribution in [0.1, 0.15) is 48.1 Å². The molecule has 1 saturated carbocycles. The zero-order valence-corrected chi connectivity index (χ0v) is 22.3. The van der Waals surface area contributed by atoms with Crippen LogP contribution in [0.5, 0.6) is 0 Å². The number of imidazole rings is 1. The smallest absolute Gasteiger partial charge is 0.332 e. The molecule has 5 aromatic rings. The van der Waals surface area contributed by atoms with Gasteiger partial charge in [-0.3, -0.25) is 23.6 Å². The van der Waals surface area contributed by atoms with Crippen LogP contribution < -0.4 is 16.1 Å². The highest BCUT2D eigenvalue weighted by molar-refractivity contribution is 6.05. The van der Waals surface area contributed by atoms with E-state index < -0.39 is 0 Å². The van der Waals surface area contributed by atoms with Crippen LogP contribution in [-0.4, -0.2) is 36.5 Å². The lowest BCUT2D eigenvalue weighted by molar-refractivity contribution is 0.0986. The summed E-state index contributed by atoms with van der Waals surface area (Å²) >= 11 is 0. The Labute approximate surface area is 230 Å². The van der Waals surface area contributed by atoms with Gasteiger partial charge < -0.3 is 4.98 Å². The van der Waals surface area contributed by atoms with Gasteiger partial charge in [-0.05, 0) is 55.5 Å². The summed E-state index contributed by atoms with van der Waals surface area (Å²) in [6.07, 6.45) is 4.73. The first kappa shape index (κ1) is 25.5. The zero-order chi connectivity index (χ0) is 27.6. The molecule has 1 amide bonds. The van der Waals surface area contributed by atoms with Gasteiger partial charge in [0.15, 0.2) is 5.65 Å². The van der Waals surface area contributed by atoms with Crippen LogP contribution >= 0.6 is 0 Å². The van der Waals surface area contributed by atoms with Gasteiger partial charge in [0.1, 0.15) is 17.2 Å². The summed E-state index contributed by atoms with van der Waals surface area (Å²) in [6.45, 7) is 2.92. The fourth-order valence-electron chi connectivity index (χ4n) is 4.98. The molecule has 9 nitrogen and oxygen atoms in total. The third-order valence-corrected chi connectivity index (χ3v) is 7.20. The van der Waals surface area contributed by atoms with Crippen LogP contribution in [0.2, 0.25) is 0 Å². The molecule has 202 valence electrons. The first-order valence-electron chi connectivity index (χ1n) is 13.7. The quantitative estimate of drug-likeness (QED) is 0.298. The lowest BCUT2D eigenvalue weighted by Gasteiger charge is -2.22. The average Bonchev–Trinajstić information content (AvgIpc) is 3.73. The number of benzene rings is 2. The van der Waals surface area contributed by atoms with Crippen molar-refractivity contribution in [2.24, 2.45) is 0 Å². The predicted molar refractivity (Wildman–Crippen MR) is 155 cm³/mol. The molecular formula is C31H30N6O3. The van der Waals surface area contributed by atoms with E-state index >= 15 is 0 Å². The SMILES string of the molecule is CCCn1c(=O)n(C2CC2)c(=O)c2[nH]c(-c3ccc(N(CCc4ccccc4)C(=O)c4ccccc4)nc3)nc21. The molecule has 1 fully saturated rings. The molecule has 0 radical (unpaired) electrons. The second-order valence-corrected chi connectivity index (χ2v) is 10.1. The van der Waals surface area contributed by atoms with Crippen LogP contribution in [0.4, 0.5) is 5.82 Å². The van der Waals surface area contributed by atoms with E-state index in [-0.39, 0.29) is 23.2 Å². The summed E-state index contributed by atoms with van der Waals surface area (Å²) in [5.74, 6) is 0.836. The Morgan fingerprint density at radius 3 is 2.38 bits per heavy atom. The normalized spacial score (nSPS) is 13.0. The number of carbonyl (C=O) groups is 1. The predicted octanol–water partition coefficient (Wildman–Crippen LogP) is 4.58. The molecule has 0 spiro atoms. The molecule has 9 heteroatoms. The summed E-state index contributed by atoms with van der Waals surface area (Å²) in [6, 6.07) is 22.8. The summed E-state index contributed by atoms with van der Waals surface area (Å²) in [7, 11) is 0. The molecular weight excluding hydrogens is 504 g/mol. The highest BCUT2D eigenvalue weighted by Gasteiger charge is 2.30. The van der Waals surface area contributed by atoms with Gasteiger partial charge in [-0.2, -0.15) is 0 Å². The Bertz CT molecular complexity index is 1770. The van der Waals surface area contributed by atoms with E-state index in [9.17, 15) is 14.4 Å². The van der Waals surface area contributed by atoms with Gasteiger partial charge in [-0.25, -0.2) is 14.8 Å². The van der Waals surface area contributed by atoms with Crippen LogP contribution in [0.15, 0.2) is 88.6 Å². The second kappa shape index (κ2) is 10.8. The maximum atomic E-state index is 13.5. The number of pyridine rings is 1. The molecule has 0 unspecified atom stereocenters. The number of hydrogen-bond donors (Lipinski definition) is 1. The van der Waals surface area contributed by atoms with Gasteiger partial charge >= 0.3 is 5.69 Å². The summed E-state index contributed by atoms with van der Waals surface area (Å²) in [5, 5.41) is 0. The van der Waals surface area contributed by atoms with Crippen LogP contribution in [0, 0.1) is 0 Å². The van der Waals surface area contributed by atoms with Crippen molar-refractivity contribution in [1.29, 1.82) is 0 Å². The molecule has 1 N–H and O–H groups in total. The van der Waals surface area contributed by atoms with Crippen molar-refractivity contribution in [2.75, 3.05) is 11.4 Å². The summed E-state index contributed by atoms with van der Waals surface area (Å²) in [5.41, 5.74) is 2.41. The van der Waals surface area contributed by atoms with Crippen molar-refractivity contribution >= 4 is 22.9 Å². The second-order valence-electron chi connectivity index (χ2n) is 10.1. The lowest BCUT2D eigenvalue weighted by Crippen LogP contribution is -2.39. The molecule has 2 aromatic carbocycles. The Kier molecular flexibility index (Phi) is 6.86. The third-order valence-electron chi connectivity index (χ3n) is 7.20. The first-order chi connectivity index (χ1) is 19.5. The monoisotopic (exact) mass is 534 g/mol. The highest BCUT2D eigenvalue weighted by atomic mass is 16.2. The number of H-pyrrole nitrogens is 1. The van der Waals surface area contributed by atoms with Crippen molar-refractivity contribution in [3.63, 3.8) is 0 Å². The van der Waals surface area contributed by atoms with Gasteiger partial charge in [0.05, 0.1) is 0 Å². The van der Waals surface area contributed by atoms with E-state index in [2.05, 4.69) is 15.0 Å². The van der Waals surface area contributed by atoms with E-state index in [1.54, 1.807) is 33.9 Å². The number of aryl methyl sites for hydroxylation is 1. The van der Waals surface area contributed by atoms with Crippen molar-refractivity contribution in [3.05, 3.63) is 111 Å². The van der Waals surface area contributed by atoms with Gasteiger partial charge in [-0.1, -0.05) is 55.5 Å². The topological polar surface area (TPSA) is 106 Å². The van der Waals surface area contributed by atoms with E-state index in [1.165, 1.54) is 4.57 Å². The largest absolute Gasteiger partial charge is 0.333 e. The number of aromatic nitrogens is 5. The molecule has 1 aliphatic rings. The molecule has 3 heterocycles. The Morgan fingerprint density at radius 1 is 1.00 bits per heavy atom. The van der Waals surface area contributed by atoms with E-state index in [4.69, 9.17) is 0 Å². The minimum Gasteiger partial charge on any atom is -0.332 e. The van der Waals surface area contributed by atoms with Gasteiger partial charge in [0.2, 0.25) is 0 Å². The average molecular weight is 535 g/mol. The molecule has 0 saturated heterocycles. The third kappa shape index (κ3) is 4.86. The maximum absolute atomic E-state index is 13.5.